The highest BCUT2D eigenvalue weighted by molar-refractivity contribution is 7.89. The van der Waals surface area contributed by atoms with Crippen LogP contribution in [0.15, 0.2) is 23.1 Å². The standard InChI is InChI=1S/C17H20ClF2N3O2S/c1-22-9-7-12-4-3-8-23(15(12)11-22)26(24,25)16-6-2-5-14(13(16)10-21)17(18,19)20/h2,5-6,12,15H,3-4,7-9,11H2,1H3. The third-order valence-corrected chi connectivity index (χ3v) is 7.45. The van der Waals surface area contributed by atoms with Crippen molar-refractivity contribution in [3.63, 3.8) is 0 Å². The molecule has 2 fully saturated rings. The molecule has 0 spiro atoms. The van der Waals surface area contributed by atoms with Gasteiger partial charge in [0.15, 0.2) is 0 Å². The summed E-state index contributed by atoms with van der Waals surface area (Å²) in [7, 11) is -2.15. The van der Waals surface area contributed by atoms with Crippen molar-refractivity contribution in [2.45, 2.75) is 35.6 Å². The topological polar surface area (TPSA) is 64.4 Å². The smallest absolute Gasteiger partial charge is 0.305 e. The summed E-state index contributed by atoms with van der Waals surface area (Å²) in [6.07, 6.45) is 2.57. The Balaban J connectivity index is 2.07. The average Bonchev–Trinajstić information content (AvgIpc) is 2.59. The van der Waals surface area contributed by atoms with E-state index in [2.05, 4.69) is 4.90 Å². The molecular weight excluding hydrogens is 384 g/mol. The Hall–Kier alpha value is -1.27. The van der Waals surface area contributed by atoms with Gasteiger partial charge in [0, 0.05) is 19.1 Å². The van der Waals surface area contributed by atoms with E-state index in [0.29, 0.717) is 13.1 Å². The molecule has 5 nitrogen and oxygen atoms in total. The Kier molecular flexibility index (Phi) is 5.28. The van der Waals surface area contributed by atoms with Crippen molar-refractivity contribution in [1.82, 2.24) is 9.21 Å². The van der Waals surface area contributed by atoms with Gasteiger partial charge in [-0.1, -0.05) is 12.1 Å². The van der Waals surface area contributed by atoms with Crippen molar-refractivity contribution in [2.75, 3.05) is 26.7 Å². The number of sulfonamides is 1. The van der Waals surface area contributed by atoms with Crippen molar-refractivity contribution in [1.29, 1.82) is 5.26 Å². The molecule has 0 aliphatic carbocycles. The average molecular weight is 404 g/mol. The number of halogens is 3. The number of piperidine rings is 2. The van der Waals surface area contributed by atoms with E-state index in [0.717, 1.165) is 31.9 Å². The SMILES string of the molecule is CN1CCC2CCCN(S(=O)(=O)c3cccc(C(F)(F)Cl)c3C#N)C2C1. The zero-order chi connectivity index (χ0) is 19.1. The molecule has 0 bridgehead atoms. The van der Waals surface area contributed by atoms with Crippen LogP contribution in [-0.4, -0.2) is 50.3 Å². The molecule has 2 aliphatic heterocycles. The highest BCUT2D eigenvalue weighted by Gasteiger charge is 2.43. The van der Waals surface area contributed by atoms with E-state index in [1.165, 1.54) is 16.4 Å². The first kappa shape index (κ1) is 19.5. The van der Waals surface area contributed by atoms with Crippen molar-refractivity contribution in [3.8, 4) is 6.07 Å². The lowest BCUT2D eigenvalue weighted by Crippen LogP contribution is -2.56. The van der Waals surface area contributed by atoms with E-state index in [1.54, 1.807) is 6.07 Å². The van der Waals surface area contributed by atoms with Crippen molar-refractivity contribution in [2.24, 2.45) is 5.92 Å². The van der Waals surface area contributed by atoms with Crippen LogP contribution in [0.5, 0.6) is 0 Å². The largest absolute Gasteiger partial charge is 0.349 e. The summed E-state index contributed by atoms with van der Waals surface area (Å²) in [4.78, 5) is 1.68. The first-order valence-electron chi connectivity index (χ1n) is 8.47. The van der Waals surface area contributed by atoms with Gasteiger partial charge in [0.25, 0.3) is 0 Å². The van der Waals surface area contributed by atoms with Crippen LogP contribution in [0.4, 0.5) is 8.78 Å². The van der Waals surface area contributed by atoms with Gasteiger partial charge in [-0.2, -0.15) is 18.3 Å². The molecule has 2 saturated heterocycles. The van der Waals surface area contributed by atoms with Crippen molar-refractivity contribution < 1.29 is 17.2 Å². The van der Waals surface area contributed by atoms with Crippen LogP contribution in [0.25, 0.3) is 0 Å². The number of likely N-dealkylation sites (N-methyl/N-ethyl adjacent to an activating group) is 1. The minimum Gasteiger partial charge on any atom is -0.305 e. The van der Waals surface area contributed by atoms with E-state index < -0.39 is 31.4 Å². The number of nitrogens with zero attached hydrogens (tertiary/aromatic N) is 3. The molecular formula is C17H20ClF2N3O2S. The molecule has 9 heteroatoms. The summed E-state index contributed by atoms with van der Waals surface area (Å²) in [6, 6.07) is 4.80. The third kappa shape index (κ3) is 3.46. The van der Waals surface area contributed by atoms with E-state index >= 15 is 0 Å². The van der Waals surface area contributed by atoms with Crippen LogP contribution in [-0.2, 0) is 15.4 Å². The highest BCUT2D eigenvalue weighted by atomic mass is 35.5. The molecule has 0 saturated carbocycles. The summed E-state index contributed by atoms with van der Waals surface area (Å²) in [5, 5.41) is 5.55. The van der Waals surface area contributed by atoms with Gasteiger partial charge in [0.2, 0.25) is 10.0 Å². The maximum atomic E-state index is 13.6. The first-order valence-corrected chi connectivity index (χ1v) is 10.3. The van der Waals surface area contributed by atoms with Crippen LogP contribution in [0.2, 0.25) is 0 Å². The molecule has 2 aliphatic rings. The van der Waals surface area contributed by atoms with Crippen LogP contribution < -0.4 is 0 Å². The summed E-state index contributed by atoms with van der Waals surface area (Å²) in [5.74, 6) is 0.248. The summed E-state index contributed by atoms with van der Waals surface area (Å²) in [5.41, 5.74) is -1.36. The predicted octanol–water partition coefficient (Wildman–Crippen LogP) is 2.95. The number of alkyl halides is 3. The fourth-order valence-corrected chi connectivity index (χ4v) is 6.04. The fraction of sp³-hybridized carbons (Fsp3) is 0.588. The third-order valence-electron chi connectivity index (χ3n) is 5.28. The van der Waals surface area contributed by atoms with Gasteiger partial charge >= 0.3 is 5.38 Å². The molecule has 2 unspecified atom stereocenters. The number of rotatable bonds is 3. The van der Waals surface area contributed by atoms with Gasteiger partial charge in [-0.15, -0.1) is 0 Å². The van der Waals surface area contributed by atoms with Gasteiger partial charge in [-0.05, 0) is 56.4 Å². The van der Waals surface area contributed by atoms with Gasteiger partial charge < -0.3 is 4.90 Å². The Morgan fingerprint density at radius 3 is 2.69 bits per heavy atom. The maximum absolute atomic E-state index is 13.6. The molecule has 1 aromatic rings. The molecule has 0 N–H and O–H groups in total. The van der Waals surface area contributed by atoms with E-state index in [4.69, 9.17) is 11.6 Å². The van der Waals surface area contributed by atoms with Crippen molar-refractivity contribution in [3.05, 3.63) is 29.3 Å². The predicted molar refractivity (Wildman–Crippen MR) is 93.4 cm³/mol. The quantitative estimate of drug-likeness (QED) is 0.728. The maximum Gasteiger partial charge on any atom is 0.349 e. The minimum absolute atomic E-state index is 0.209. The number of likely N-dealkylation sites (tertiary alicyclic amines) is 1. The number of hydrogen-bond acceptors (Lipinski definition) is 4. The minimum atomic E-state index is -4.09. The summed E-state index contributed by atoms with van der Waals surface area (Å²) in [6.45, 7) is 1.83. The lowest BCUT2D eigenvalue weighted by Gasteiger charge is -2.45. The first-order chi connectivity index (χ1) is 12.2. The highest BCUT2D eigenvalue weighted by Crippen LogP contribution is 2.39. The lowest BCUT2D eigenvalue weighted by molar-refractivity contribution is 0.0812. The van der Waals surface area contributed by atoms with E-state index in [1.807, 2.05) is 7.05 Å². The van der Waals surface area contributed by atoms with Gasteiger partial charge in [-0.3, -0.25) is 0 Å². The molecule has 0 radical (unpaired) electrons. The second kappa shape index (κ2) is 7.04. The summed E-state index contributed by atoms with van der Waals surface area (Å²) >= 11 is 5.08. The number of fused-ring (bicyclic) bond motifs is 1. The Morgan fingerprint density at radius 1 is 1.31 bits per heavy atom. The Morgan fingerprint density at radius 2 is 2.04 bits per heavy atom. The second-order valence-electron chi connectivity index (χ2n) is 6.92. The lowest BCUT2D eigenvalue weighted by atomic mass is 9.85. The van der Waals surface area contributed by atoms with Gasteiger partial charge in [-0.25, -0.2) is 8.42 Å². The van der Waals surface area contributed by atoms with Crippen LogP contribution in [0.1, 0.15) is 30.4 Å². The molecule has 3 rings (SSSR count). The number of benzene rings is 1. The molecule has 0 amide bonds. The van der Waals surface area contributed by atoms with Crippen LogP contribution >= 0.6 is 11.6 Å². The van der Waals surface area contributed by atoms with Gasteiger partial charge in [0.1, 0.15) is 11.0 Å². The van der Waals surface area contributed by atoms with Crippen LogP contribution in [0, 0.1) is 17.2 Å². The van der Waals surface area contributed by atoms with E-state index in [9.17, 15) is 22.5 Å². The molecule has 0 aromatic heterocycles. The molecule has 26 heavy (non-hydrogen) atoms. The Labute approximate surface area is 157 Å². The van der Waals surface area contributed by atoms with E-state index in [-0.39, 0.29) is 12.0 Å². The number of hydrogen-bond donors (Lipinski definition) is 0. The molecule has 2 atom stereocenters. The fourth-order valence-electron chi connectivity index (χ4n) is 4.00. The Bertz CT molecular complexity index is 835. The monoisotopic (exact) mass is 403 g/mol. The zero-order valence-corrected chi connectivity index (χ0v) is 15.9. The molecule has 2 heterocycles. The molecule has 1 aromatic carbocycles. The summed E-state index contributed by atoms with van der Waals surface area (Å²) < 4.78 is 55.2. The van der Waals surface area contributed by atoms with Crippen LogP contribution in [0.3, 0.4) is 0 Å². The molecule has 142 valence electrons. The van der Waals surface area contributed by atoms with Gasteiger partial charge in [0.05, 0.1) is 11.1 Å². The number of nitriles is 1. The van der Waals surface area contributed by atoms with Crippen molar-refractivity contribution >= 4 is 21.6 Å². The normalized spacial score (nSPS) is 25.5. The zero-order valence-electron chi connectivity index (χ0n) is 14.3. The second-order valence-corrected chi connectivity index (χ2v) is 9.26.